The van der Waals surface area contributed by atoms with E-state index in [1.807, 2.05) is 6.08 Å². The monoisotopic (exact) mass is 97.1 g/mol. The summed E-state index contributed by atoms with van der Waals surface area (Å²) in [4.78, 5) is 4.75. The van der Waals surface area contributed by atoms with E-state index in [4.69, 9.17) is 4.84 Å². The minimum absolute atomic E-state index is 0.594. The van der Waals surface area contributed by atoms with Crippen LogP contribution in [0.4, 0.5) is 0 Å². The molecule has 2 heteroatoms. The van der Waals surface area contributed by atoms with Crippen LogP contribution in [-0.2, 0) is 4.84 Å². The first-order valence-corrected chi connectivity index (χ1v) is 2.11. The van der Waals surface area contributed by atoms with Gasteiger partial charge in [0.15, 0.2) is 0 Å². The summed E-state index contributed by atoms with van der Waals surface area (Å²) < 4.78 is 0. The maximum absolute atomic E-state index is 4.75. The molecule has 1 aliphatic rings. The van der Waals surface area contributed by atoms with Gasteiger partial charge in [0.1, 0.15) is 0 Å². The van der Waals surface area contributed by atoms with Crippen LogP contribution in [0.2, 0.25) is 0 Å². The van der Waals surface area contributed by atoms with Crippen molar-refractivity contribution < 1.29 is 4.84 Å². The van der Waals surface area contributed by atoms with Gasteiger partial charge in [0.05, 0.1) is 6.61 Å². The van der Waals surface area contributed by atoms with Crippen molar-refractivity contribution in [1.82, 2.24) is 5.48 Å². The lowest BCUT2D eigenvalue weighted by molar-refractivity contribution is 0.0854. The summed E-state index contributed by atoms with van der Waals surface area (Å²) in [6.07, 6.45) is 3.59. The van der Waals surface area contributed by atoms with Crippen molar-refractivity contribution in [2.24, 2.45) is 0 Å². The molecule has 0 aliphatic carbocycles. The number of nitrogens with one attached hydrogen (secondary N) is 1. The van der Waals surface area contributed by atoms with Crippen molar-refractivity contribution in [3.8, 4) is 0 Å². The maximum Gasteiger partial charge on any atom is 0.0991 e. The molecule has 0 unspecified atom stereocenters. The van der Waals surface area contributed by atoms with Gasteiger partial charge in [-0.1, -0.05) is 6.58 Å². The van der Waals surface area contributed by atoms with E-state index in [-0.39, 0.29) is 0 Å². The highest BCUT2D eigenvalue weighted by molar-refractivity contribution is 5.15. The molecular weight excluding hydrogens is 90.1 g/mol. The first kappa shape index (κ1) is 4.40. The van der Waals surface area contributed by atoms with Crippen molar-refractivity contribution in [2.45, 2.75) is 0 Å². The predicted molar refractivity (Wildman–Crippen MR) is 27.4 cm³/mol. The van der Waals surface area contributed by atoms with E-state index in [2.05, 4.69) is 12.1 Å². The topological polar surface area (TPSA) is 21.3 Å². The maximum atomic E-state index is 4.75. The Morgan fingerprint density at radius 3 is 3.00 bits per heavy atom. The zero-order valence-electron chi connectivity index (χ0n) is 3.98. The molecule has 0 amide bonds. The standard InChI is InChI=1S/C5H7NO/c1-5-2-3-6-7-4-5/h2-3,6H,1,4H2. The van der Waals surface area contributed by atoms with Crippen LogP contribution in [0, 0.1) is 0 Å². The Bertz CT molecular complexity index is 107. The van der Waals surface area contributed by atoms with Gasteiger partial charge in [-0.15, -0.1) is 0 Å². The number of hydroxylamine groups is 1. The summed E-state index contributed by atoms with van der Waals surface area (Å²) in [6.45, 7) is 4.26. The quantitative estimate of drug-likeness (QED) is 0.477. The average Bonchev–Trinajstić information content (AvgIpc) is 1.69. The van der Waals surface area contributed by atoms with Crippen LogP contribution in [0.25, 0.3) is 0 Å². The largest absolute Gasteiger partial charge is 0.274 e. The summed E-state index contributed by atoms with van der Waals surface area (Å²) in [6, 6.07) is 0. The Kier molecular flexibility index (Phi) is 1.13. The Hall–Kier alpha value is -0.760. The van der Waals surface area contributed by atoms with E-state index in [9.17, 15) is 0 Å². The Morgan fingerprint density at radius 2 is 2.71 bits per heavy atom. The fourth-order valence-electron chi connectivity index (χ4n) is 0.382. The average molecular weight is 97.1 g/mol. The molecule has 0 radical (unpaired) electrons. The molecule has 1 heterocycles. The molecule has 0 spiro atoms. The molecule has 38 valence electrons. The van der Waals surface area contributed by atoms with Crippen LogP contribution in [-0.4, -0.2) is 6.61 Å². The van der Waals surface area contributed by atoms with E-state index < -0.39 is 0 Å². The first-order chi connectivity index (χ1) is 3.39. The van der Waals surface area contributed by atoms with Crippen molar-refractivity contribution in [3.63, 3.8) is 0 Å². The summed E-state index contributed by atoms with van der Waals surface area (Å²) in [5.41, 5.74) is 3.57. The van der Waals surface area contributed by atoms with Gasteiger partial charge in [0, 0.05) is 6.20 Å². The normalized spacial score (nSPS) is 19.1. The molecule has 0 saturated carbocycles. The molecular formula is C5H7NO. The molecule has 0 bridgehead atoms. The fraction of sp³-hybridized carbons (Fsp3) is 0.200. The summed E-state index contributed by atoms with van der Waals surface area (Å²) in [5, 5.41) is 0. The second-order valence-electron chi connectivity index (χ2n) is 1.40. The smallest absolute Gasteiger partial charge is 0.0991 e. The van der Waals surface area contributed by atoms with Gasteiger partial charge in [-0.2, -0.15) is 0 Å². The van der Waals surface area contributed by atoms with Crippen LogP contribution < -0.4 is 5.48 Å². The van der Waals surface area contributed by atoms with E-state index in [0.29, 0.717) is 6.61 Å². The van der Waals surface area contributed by atoms with Gasteiger partial charge in [-0.05, 0) is 11.6 Å². The van der Waals surface area contributed by atoms with Gasteiger partial charge in [0.25, 0.3) is 0 Å². The van der Waals surface area contributed by atoms with Crippen molar-refractivity contribution in [3.05, 3.63) is 24.4 Å². The van der Waals surface area contributed by atoms with E-state index in [0.717, 1.165) is 5.57 Å². The molecule has 0 atom stereocenters. The summed E-state index contributed by atoms with van der Waals surface area (Å²) >= 11 is 0. The minimum Gasteiger partial charge on any atom is -0.274 e. The SMILES string of the molecule is C=C1C=CNOC1. The van der Waals surface area contributed by atoms with Crippen molar-refractivity contribution >= 4 is 0 Å². The Labute approximate surface area is 42.4 Å². The van der Waals surface area contributed by atoms with Crippen LogP contribution in [0.15, 0.2) is 24.4 Å². The first-order valence-electron chi connectivity index (χ1n) is 2.11. The third kappa shape index (κ3) is 1.05. The lowest BCUT2D eigenvalue weighted by Gasteiger charge is -2.06. The Balaban J connectivity index is 2.51. The second-order valence-corrected chi connectivity index (χ2v) is 1.40. The van der Waals surface area contributed by atoms with Crippen LogP contribution in [0.1, 0.15) is 0 Å². The van der Waals surface area contributed by atoms with Gasteiger partial charge in [-0.3, -0.25) is 10.3 Å². The van der Waals surface area contributed by atoms with Gasteiger partial charge < -0.3 is 0 Å². The number of hydrogen-bond donors (Lipinski definition) is 1. The van der Waals surface area contributed by atoms with Crippen molar-refractivity contribution in [1.29, 1.82) is 0 Å². The highest BCUT2D eigenvalue weighted by Crippen LogP contribution is 1.95. The van der Waals surface area contributed by atoms with Gasteiger partial charge >= 0.3 is 0 Å². The molecule has 0 aromatic rings. The number of hydrogen-bond acceptors (Lipinski definition) is 2. The molecule has 1 rings (SSSR count). The van der Waals surface area contributed by atoms with E-state index in [1.54, 1.807) is 6.20 Å². The molecule has 0 fully saturated rings. The van der Waals surface area contributed by atoms with Gasteiger partial charge in [-0.25, -0.2) is 0 Å². The second kappa shape index (κ2) is 1.80. The number of rotatable bonds is 0. The third-order valence-electron chi connectivity index (χ3n) is 0.728. The zero-order chi connectivity index (χ0) is 5.11. The molecule has 2 nitrogen and oxygen atoms in total. The molecule has 0 aromatic carbocycles. The van der Waals surface area contributed by atoms with Crippen molar-refractivity contribution in [2.75, 3.05) is 6.61 Å². The summed E-state index contributed by atoms with van der Waals surface area (Å²) in [5.74, 6) is 0. The molecule has 7 heavy (non-hydrogen) atoms. The lowest BCUT2D eigenvalue weighted by Crippen LogP contribution is -2.12. The summed E-state index contributed by atoms with van der Waals surface area (Å²) in [7, 11) is 0. The van der Waals surface area contributed by atoms with Crippen LogP contribution in [0.3, 0.4) is 0 Å². The minimum atomic E-state index is 0.594. The molecule has 1 N–H and O–H groups in total. The highest BCUT2D eigenvalue weighted by atomic mass is 16.6. The zero-order valence-corrected chi connectivity index (χ0v) is 3.98. The van der Waals surface area contributed by atoms with E-state index in [1.165, 1.54) is 0 Å². The molecule has 1 aliphatic heterocycles. The molecule has 0 saturated heterocycles. The highest BCUT2D eigenvalue weighted by Gasteiger charge is 1.91. The predicted octanol–water partition coefficient (Wildman–Crippen LogP) is 0.591. The van der Waals surface area contributed by atoms with E-state index >= 15 is 0 Å². The lowest BCUT2D eigenvalue weighted by atomic mass is 10.3. The Morgan fingerprint density at radius 1 is 1.86 bits per heavy atom. The third-order valence-corrected chi connectivity index (χ3v) is 0.728. The van der Waals surface area contributed by atoms with Crippen LogP contribution >= 0.6 is 0 Å². The molecule has 0 aromatic heterocycles. The fourth-order valence-corrected chi connectivity index (χ4v) is 0.382. The van der Waals surface area contributed by atoms with Crippen LogP contribution in [0.5, 0.6) is 0 Å². The van der Waals surface area contributed by atoms with Gasteiger partial charge in [0.2, 0.25) is 0 Å².